The number of hydrogen-bond acceptors (Lipinski definition) is 2. The topological polar surface area (TPSA) is 15.3 Å². The SMILES string of the molecule is CC(NCCN(C)CC1CCCCC1)C1CC1. The maximum Gasteiger partial charge on any atom is 0.0104 e. The first-order valence-electron chi connectivity index (χ1n) is 7.67. The van der Waals surface area contributed by atoms with Gasteiger partial charge in [0, 0.05) is 25.7 Å². The van der Waals surface area contributed by atoms with Crippen LogP contribution in [0, 0.1) is 11.8 Å². The van der Waals surface area contributed by atoms with Gasteiger partial charge in [-0.25, -0.2) is 0 Å². The van der Waals surface area contributed by atoms with E-state index < -0.39 is 0 Å². The summed E-state index contributed by atoms with van der Waals surface area (Å²) in [4.78, 5) is 2.53. The van der Waals surface area contributed by atoms with Crippen molar-refractivity contribution < 1.29 is 0 Å². The molecular weight excluding hydrogens is 208 g/mol. The minimum absolute atomic E-state index is 0.748. The van der Waals surface area contributed by atoms with Gasteiger partial charge in [-0.1, -0.05) is 19.3 Å². The van der Waals surface area contributed by atoms with Crippen LogP contribution in [0.25, 0.3) is 0 Å². The van der Waals surface area contributed by atoms with Gasteiger partial charge in [0.15, 0.2) is 0 Å². The Morgan fingerprint density at radius 3 is 2.47 bits per heavy atom. The fraction of sp³-hybridized carbons (Fsp3) is 1.00. The van der Waals surface area contributed by atoms with E-state index in [1.807, 2.05) is 0 Å². The Balaban J connectivity index is 1.51. The summed E-state index contributed by atoms with van der Waals surface area (Å²) in [5, 5.41) is 3.67. The van der Waals surface area contributed by atoms with Crippen LogP contribution in [-0.2, 0) is 0 Å². The van der Waals surface area contributed by atoms with Crippen molar-refractivity contribution in [1.29, 1.82) is 0 Å². The second-order valence-electron chi connectivity index (χ2n) is 6.35. The van der Waals surface area contributed by atoms with E-state index >= 15 is 0 Å². The van der Waals surface area contributed by atoms with Crippen LogP contribution >= 0.6 is 0 Å². The zero-order valence-electron chi connectivity index (χ0n) is 11.8. The largest absolute Gasteiger partial charge is 0.313 e. The molecule has 17 heavy (non-hydrogen) atoms. The summed E-state index contributed by atoms with van der Waals surface area (Å²) in [6, 6.07) is 0.748. The molecule has 2 saturated carbocycles. The van der Waals surface area contributed by atoms with Crippen LogP contribution in [0.1, 0.15) is 51.9 Å². The smallest absolute Gasteiger partial charge is 0.0104 e. The summed E-state index contributed by atoms with van der Waals surface area (Å²) in [5.74, 6) is 1.97. The molecule has 0 aromatic carbocycles. The molecule has 2 heteroatoms. The first-order valence-corrected chi connectivity index (χ1v) is 7.67. The van der Waals surface area contributed by atoms with Gasteiger partial charge in [0.1, 0.15) is 0 Å². The van der Waals surface area contributed by atoms with Gasteiger partial charge in [0.2, 0.25) is 0 Å². The van der Waals surface area contributed by atoms with Crippen LogP contribution in [-0.4, -0.2) is 37.6 Å². The molecule has 100 valence electrons. The number of nitrogens with one attached hydrogen (secondary N) is 1. The second-order valence-corrected chi connectivity index (χ2v) is 6.35. The lowest BCUT2D eigenvalue weighted by molar-refractivity contribution is 0.231. The van der Waals surface area contributed by atoms with Gasteiger partial charge >= 0.3 is 0 Å². The Morgan fingerprint density at radius 2 is 1.82 bits per heavy atom. The number of hydrogen-bond donors (Lipinski definition) is 1. The van der Waals surface area contributed by atoms with Gasteiger partial charge < -0.3 is 10.2 Å². The maximum atomic E-state index is 3.67. The van der Waals surface area contributed by atoms with E-state index in [4.69, 9.17) is 0 Å². The first kappa shape index (κ1) is 13.4. The molecule has 2 fully saturated rings. The normalized spacial score (nSPS) is 24.2. The lowest BCUT2D eigenvalue weighted by Gasteiger charge is -2.27. The van der Waals surface area contributed by atoms with Crippen molar-refractivity contribution in [3.8, 4) is 0 Å². The second kappa shape index (κ2) is 6.75. The van der Waals surface area contributed by atoms with Crippen LogP contribution in [0.4, 0.5) is 0 Å². The van der Waals surface area contributed by atoms with Crippen molar-refractivity contribution in [2.45, 2.75) is 57.9 Å². The van der Waals surface area contributed by atoms with Gasteiger partial charge in [0.05, 0.1) is 0 Å². The molecule has 2 nitrogen and oxygen atoms in total. The molecule has 0 spiro atoms. The predicted octanol–water partition coefficient (Wildman–Crippen LogP) is 2.89. The van der Waals surface area contributed by atoms with Crippen LogP contribution in [0.5, 0.6) is 0 Å². The lowest BCUT2D eigenvalue weighted by Crippen LogP contribution is -2.37. The summed E-state index contributed by atoms with van der Waals surface area (Å²) in [6.45, 7) is 6.05. The van der Waals surface area contributed by atoms with E-state index in [1.165, 1.54) is 64.6 Å². The highest BCUT2D eigenvalue weighted by Crippen LogP contribution is 2.32. The van der Waals surface area contributed by atoms with Crippen molar-refractivity contribution in [3.05, 3.63) is 0 Å². The van der Waals surface area contributed by atoms with Crippen LogP contribution in [0.3, 0.4) is 0 Å². The molecule has 0 radical (unpaired) electrons. The molecule has 0 saturated heterocycles. The maximum absolute atomic E-state index is 3.67. The summed E-state index contributed by atoms with van der Waals surface area (Å²) in [7, 11) is 2.29. The summed E-state index contributed by atoms with van der Waals surface area (Å²) >= 11 is 0. The highest BCUT2D eigenvalue weighted by molar-refractivity contribution is 4.83. The Hall–Kier alpha value is -0.0800. The molecule has 2 aliphatic carbocycles. The van der Waals surface area contributed by atoms with E-state index in [1.54, 1.807) is 0 Å². The van der Waals surface area contributed by atoms with E-state index in [2.05, 4.69) is 24.2 Å². The summed E-state index contributed by atoms with van der Waals surface area (Å²) < 4.78 is 0. The van der Waals surface area contributed by atoms with E-state index in [9.17, 15) is 0 Å². The fourth-order valence-electron chi connectivity index (χ4n) is 3.15. The summed E-state index contributed by atoms with van der Waals surface area (Å²) in [5.41, 5.74) is 0. The molecule has 0 aromatic heterocycles. The molecule has 2 rings (SSSR count). The average molecular weight is 238 g/mol. The zero-order valence-corrected chi connectivity index (χ0v) is 11.8. The lowest BCUT2D eigenvalue weighted by atomic mass is 9.89. The minimum atomic E-state index is 0.748. The predicted molar refractivity (Wildman–Crippen MR) is 74.3 cm³/mol. The van der Waals surface area contributed by atoms with Crippen LogP contribution in [0.15, 0.2) is 0 Å². The Morgan fingerprint density at radius 1 is 1.12 bits per heavy atom. The van der Waals surface area contributed by atoms with E-state index in [0.717, 1.165) is 17.9 Å². The van der Waals surface area contributed by atoms with Crippen molar-refractivity contribution in [2.24, 2.45) is 11.8 Å². The Bertz CT molecular complexity index is 207. The van der Waals surface area contributed by atoms with Gasteiger partial charge in [-0.15, -0.1) is 0 Å². The molecule has 1 unspecified atom stereocenters. The third kappa shape index (κ3) is 4.97. The fourth-order valence-corrected chi connectivity index (χ4v) is 3.15. The van der Waals surface area contributed by atoms with Crippen LogP contribution < -0.4 is 5.32 Å². The highest BCUT2D eigenvalue weighted by atomic mass is 15.1. The molecule has 0 bridgehead atoms. The molecule has 1 N–H and O–H groups in total. The first-order chi connectivity index (χ1) is 8.25. The van der Waals surface area contributed by atoms with Gasteiger partial charge in [-0.2, -0.15) is 0 Å². The average Bonchev–Trinajstić information content (AvgIpc) is 3.14. The number of rotatable bonds is 7. The van der Waals surface area contributed by atoms with E-state index in [0.29, 0.717) is 0 Å². The molecule has 0 heterocycles. The van der Waals surface area contributed by atoms with Crippen molar-refractivity contribution >= 4 is 0 Å². The van der Waals surface area contributed by atoms with Crippen molar-refractivity contribution in [1.82, 2.24) is 10.2 Å². The molecule has 0 amide bonds. The third-order valence-corrected chi connectivity index (χ3v) is 4.58. The van der Waals surface area contributed by atoms with Crippen molar-refractivity contribution in [2.75, 3.05) is 26.7 Å². The molecule has 0 aromatic rings. The van der Waals surface area contributed by atoms with Crippen molar-refractivity contribution in [3.63, 3.8) is 0 Å². The molecular formula is C15H30N2. The number of nitrogens with zero attached hydrogens (tertiary/aromatic N) is 1. The molecule has 2 aliphatic rings. The quantitative estimate of drug-likeness (QED) is 0.733. The minimum Gasteiger partial charge on any atom is -0.313 e. The Labute approximate surface area is 107 Å². The number of likely N-dealkylation sites (N-methyl/N-ethyl adjacent to an activating group) is 1. The standard InChI is InChI=1S/C15H30N2/c1-13(15-8-9-15)16-10-11-17(2)12-14-6-4-3-5-7-14/h13-16H,3-12H2,1-2H3. The van der Waals surface area contributed by atoms with Crippen LogP contribution in [0.2, 0.25) is 0 Å². The molecule has 1 atom stereocenters. The Kier molecular flexibility index (Phi) is 5.30. The van der Waals surface area contributed by atoms with Gasteiger partial charge in [-0.3, -0.25) is 0 Å². The third-order valence-electron chi connectivity index (χ3n) is 4.58. The molecule has 0 aliphatic heterocycles. The monoisotopic (exact) mass is 238 g/mol. The zero-order chi connectivity index (χ0) is 12.1. The highest BCUT2D eigenvalue weighted by Gasteiger charge is 2.27. The van der Waals surface area contributed by atoms with Gasteiger partial charge in [0.25, 0.3) is 0 Å². The van der Waals surface area contributed by atoms with Gasteiger partial charge in [-0.05, 0) is 51.5 Å². The summed E-state index contributed by atoms with van der Waals surface area (Å²) in [6.07, 6.45) is 10.2. The van der Waals surface area contributed by atoms with E-state index in [-0.39, 0.29) is 0 Å².